The number of ether oxygens (including phenoxy) is 3. The average Bonchev–Trinajstić information content (AvgIpc) is 2.82. The Hall–Kier alpha value is -3.32. The Kier molecular flexibility index (Phi) is 8.06. The maximum atomic E-state index is 13.0. The number of benzene rings is 2. The summed E-state index contributed by atoms with van der Waals surface area (Å²) in [6, 6.07) is 18.1. The van der Waals surface area contributed by atoms with Gasteiger partial charge in [0.15, 0.2) is 6.10 Å². The Balaban J connectivity index is 1.92. The minimum absolute atomic E-state index is 0.324. The lowest BCUT2D eigenvalue weighted by molar-refractivity contribution is -0.151. The van der Waals surface area contributed by atoms with Crippen molar-refractivity contribution in [2.45, 2.75) is 18.9 Å². The molecule has 160 valence electrons. The van der Waals surface area contributed by atoms with Crippen LogP contribution in [0.1, 0.15) is 23.2 Å². The van der Waals surface area contributed by atoms with E-state index in [2.05, 4.69) is 17.6 Å². The monoisotopic (exact) mass is 437 g/mol. The Morgan fingerprint density at radius 3 is 2.52 bits per heavy atom. The van der Waals surface area contributed by atoms with Crippen molar-refractivity contribution in [3.8, 4) is 22.6 Å². The van der Waals surface area contributed by atoms with Crippen molar-refractivity contribution in [1.29, 1.82) is 0 Å². The molecule has 2 aromatic carbocycles. The van der Waals surface area contributed by atoms with E-state index in [0.717, 1.165) is 5.56 Å². The highest BCUT2D eigenvalue weighted by molar-refractivity contribution is 7.80. The molecule has 1 unspecified atom stereocenters. The molecule has 0 aliphatic carbocycles. The largest absolute Gasteiger partial charge is 0.466 e. The topological polar surface area (TPSA) is 74.7 Å². The second-order valence-corrected chi connectivity index (χ2v) is 7.09. The summed E-state index contributed by atoms with van der Waals surface area (Å²) >= 11 is 4.16. The summed E-state index contributed by atoms with van der Waals surface area (Å²) in [5, 5.41) is 0. The van der Waals surface area contributed by atoms with Crippen LogP contribution in [0.5, 0.6) is 11.5 Å². The molecule has 0 fully saturated rings. The molecule has 0 bridgehead atoms. The van der Waals surface area contributed by atoms with Crippen LogP contribution in [-0.4, -0.2) is 35.9 Å². The Morgan fingerprint density at radius 1 is 1.03 bits per heavy atom. The van der Waals surface area contributed by atoms with Gasteiger partial charge in [-0.1, -0.05) is 30.3 Å². The maximum absolute atomic E-state index is 13.0. The number of pyridine rings is 1. The number of carbonyl (C=O) groups is 2. The first-order chi connectivity index (χ1) is 15.1. The van der Waals surface area contributed by atoms with Crippen molar-refractivity contribution < 1.29 is 23.8 Å². The maximum Gasteiger partial charge on any atom is 0.347 e. The van der Waals surface area contributed by atoms with Crippen molar-refractivity contribution in [2.24, 2.45) is 0 Å². The minimum Gasteiger partial charge on any atom is -0.466 e. The standard InChI is InChI=1S/C24H23NO5S/c1-28-24(27)22(10-6-14-31)30-23(26)20-12-11-18(29-19-9-5-13-25-16-19)15-21(20)17-7-3-2-4-8-17/h2-5,7-9,11-13,15-16,22,31H,6,10,14H2,1H3. The highest BCUT2D eigenvalue weighted by Crippen LogP contribution is 2.31. The normalized spacial score (nSPS) is 11.4. The van der Waals surface area contributed by atoms with Crippen LogP contribution in [-0.2, 0) is 14.3 Å². The zero-order valence-electron chi connectivity index (χ0n) is 17.1. The minimum atomic E-state index is -0.986. The lowest BCUT2D eigenvalue weighted by Gasteiger charge is -2.17. The molecule has 0 saturated carbocycles. The van der Waals surface area contributed by atoms with E-state index in [9.17, 15) is 9.59 Å². The van der Waals surface area contributed by atoms with Gasteiger partial charge in [-0.2, -0.15) is 12.6 Å². The summed E-state index contributed by atoms with van der Waals surface area (Å²) in [5.74, 6) is 0.493. The Morgan fingerprint density at radius 2 is 1.84 bits per heavy atom. The molecule has 0 N–H and O–H groups in total. The molecule has 6 nitrogen and oxygen atoms in total. The number of carbonyl (C=O) groups excluding carboxylic acids is 2. The first-order valence-corrected chi connectivity index (χ1v) is 10.4. The second kappa shape index (κ2) is 11.2. The number of rotatable bonds is 9. The van der Waals surface area contributed by atoms with E-state index in [4.69, 9.17) is 14.2 Å². The molecule has 0 amide bonds. The van der Waals surface area contributed by atoms with E-state index in [-0.39, 0.29) is 0 Å². The van der Waals surface area contributed by atoms with Gasteiger partial charge in [0.2, 0.25) is 0 Å². The molecule has 0 aliphatic heterocycles. The van der Waals surface area contributed by atoms with E-state index in [1.54, 1.807) is 42.7 Å². The quantitative estimate of drug-likeness (QED) is 0.377. The van der Waals surface area contributed by atoms with Gasteiger partial charge in [-0.3, -0.25) is 4.98 Å². The third-order valence-electron chi connectivity index (χ3n) is 4.50. The van der Waals surface area contributed by atoms with E-state index >= 15 is 0 Å². The molecule has 1 aromatic heterocycles. The SMILES string of the molecule is COC(=O)C(CCCS)OC(=O)c1ccc(Oc2cccnc2)cc1-c1ccccc1. The van der Waals surface area contributed by atoms with Gasteiger partial charge in [-0.25, -0.2) is 9.59 Å². The van der Waals surface area contributed by atoms with Crippen molar-refractivity contribution in [2.75, 3.05) is 12.9 Å². The predicted octanol–water partition coefficient (Wildman–Crippen LogP) is 4.95. The lowest BCUT2D eigenvalue weighted by atomic mass is 9.99. The molecule has 1 atom stereocenters. The highest BCUT2D eigenvalue weighted by Gasteiger charge is 2.25. The van der Waals surface area contributed by atoms with Crippen LogP contribution in [0.3, 0.4) is 0 Å². The molecule has 0 spiro atoms. The Bertz CT molecular complexity index is 1010. The molecule has 7 heteroatoms. The summed E-state index contributed by atoms with van der Waals surface area (Å²) in [6.07, 6.45) is 3.23. The number of nitrogens with zero attached hydrogens (tertiary/aromatic N) is 1. The number of hydrogen-bond donors (Lipinski definition) is 1. The van der Waals surface area contributed by atoms with Gasteiger partial charge in [0.25, 0.3) is 0 Å². The first-order valence-electron chi connectivity index (χ1n) is 9.79. The van der Waals surface area contributed by atoms with Gasteiger partial charge in [-0.15, -0.1) is 0 Å². The van der Waals surface area contributed by atoms with E-state index in [1.165, 1.54) is 7.11 Å². The molecule has 0 aliphatic rings. The fraction of sp³-hybridized carbons (Fsp3) is 0.208. The van der Waals surface area contributed by atoms with Gasteiger partial charge < -0.3 is 14.2 Å². The van der Waals surface area contributed by atoms with Crippen molar-refractivity contribution in [1.82, 2.24) is 4.98 Å². The zero-order chi connectivity index (χ0) is 22.1. The zero-order valence-corrected chi connectivity index (χ0v) is 18.0. The van der Waals surface area contributed by atoms with Crippen LogP contribution < -0.4 is 4.74 Å². The summed E-state index contributed by atoms with van der Waals surface area (Å²) in [7, 11) is 1.27. The average molecular weight is 438 g/mol. The first kappa shape index (κ1) is 22.4. The predicted molar refractivity (Wildman–Crippen MR) is 120 cm³/mol. The smallest absolute Gasteiger partial charge is 0.347 e. The Labute approximate surface area is 186 Å². The fourth-order valence-corrected chi connectivity index (χ4v) is 3.17. The van der Waals surface area contributed by atoms with Gasteiger partial charge in [0.1, 0.15) is 11.5 Å². The number of hydrogen-bond acceptors (Lipinski definition) is 7. The van der Waals surface area contributed by atoms with Crippen LogP contribution in [0.2, 0.25) is 0 Å². The second-order valence-electron chi connectivity index (χ2n) is 6.65. The van der Waals surface area contributed by atoms with Gasteiger partial charge in [-0.05, 0) is 60.1 Å². The third kappa shape index (κ3) is 6.08. The lowest BCUT2D eigenvalue weighted by Crippen LogP contribution is -2.29. The van der Waals surface area contributed by atoms with Crippen LogP contribution in [0.25, 0.3) is 11.1 Å². The van der Waals surface area contributed by atoms with Crippen molar-refractivity contribution >= 4 is 24.6 Å². The van der Waals surface area contributed by atoms with E-state index < -0.39 is 18.0 Å². The molecule has 0 radical (unpaired) electrons. The summed E-state index contributed by atoms with van der Waals surface area (Å²) in [5.41, 5.74) is 1.77. The number of aromatic nitrogens is 1. The summed E-state index contributed by atoms with van der Waals surface area (Å²) in [4.78, 5) is 29.1. The number of thiol groups is 1. The van der Waals surface area contributed by atoms with Crippen molar-refractivity contribution in [3.05, 3.63) is 78.6 Å². The van der Waals surface area contributed by atoms with E-state index in [1.807, 2.05) is 30.3 Å². The molecular weight excluding hydrogens is 414 g/mol. The number of esters is 2. The fourth-order valence-electron chi connectivity index (χ4n) is 2.99. The molecular formula is C24H23NO5S. The molecule has 31 heavy (non-hydrogen) atoms. The summed E-state index contributed by atoms with van der Waals surface area (Å²) in [6.45, 7) is 0. The van der Waals surface area contributed by atoms with Crippen molar-refractivity contribution in [3.63, 3.8) is 0 Å². The van der Waals surface area contributed by atoms with E-state index in [0.29, 0.717) is 41.2 Å². The molecule has 1 heterocycles. The van der Waals surface area contributed by atoms with Crippen LogP contribution in [0.4, 0.5) is 0 Å². The van der Waals surface area contributed by atoms with Crippen LogP contribution in [0.15, 0.2) is 73.1 Å². The third-order valence-corrected chi connectivity index (χ3v) is 4.82. The van der Waals surface area contributed by atoms with Crippen LogP contribution in [0, 0.1) is 0 Å². The highest BCUT2D eigenvalue weighted by atomic mass is 32.1. The van der Waals surface area contributed by atoms with Crippen LogP contribution >= 0.6 is 12.6 Å². The number of methoxy groups -OCH3 is 1. The van der Waals surface area contributed by atoms with Gasteiger partial charge >= 0.3 is 11.9 Å². The molecule has 3 aromatic rings. The molecule has 0 saturated heterocycles. The van der Waals surface area contributed by atoms with Gasteiger partial charge in [0.05, 0.1) is 18.9 Å². The molecule has 3 rings (SSSR count). The van der Waals surface area contributed by atoms with Gasteiger partial charge in [0, 0.05) is 6.20 Å². The summed E-state index contributed by atoms with van der Waals surface area (Å²) < 4.78 is 16.2.